The van der Waals surface area contributed by atoms with Crippen molar-refractivity contribution in [3.8, 4) is 0 Å². The zero-order valence-corrected chi connectivity index (χ0v) is 14.5. The molecule has 1 aliphatic rings. The molecule has 7 heteroatoms. The highest BCUT2D eigenvalue weighted by molar-refractivity contribution is 9.10. The van der Waals surface area contributed by atoms with Gasteiger partial charge in [-0.1, -0.05) is 47.3 Å². The number of nitrogens with one attached hydrogen (secondary N) is 1. The van der Waals surface area contributed by atoms with Gasteiger partial charge >= 0.3 is 0 Å². The number of hydrogen-bond acceptors (Lipinski definition) is 3. The second kappa shape index (κ2) is 7.01. The lowest BCUT2D eigenvalue weighted by Crippen LogP contribution is -2.47. The fourth-order valence-corrected chi connectivity index (χ4v) is 3.53. The lowest BCUT2D eigenvalue weighted by Gasteiger charge is -2.38. The highest BCUT2D eigenvalue weighted by atomic mass is 79.9. The van der Waals surface area contributed by atoms with Crippen molar-refractivity contribution in [3.63, 3.8) is 0 Å². The van der Waals surface area contributed by atoms with Crippen LogP contribution in [0.25, 0.3) is 0 Å². The van der Waals surface area contributed by atoms with E-state index in [0.717, 1.165) is 48.5 Å². The molecule has 128 valence electrons. The minimum Gasteiger partial charge on any atom is -0.438 e. The minimum absolute atomic E-state index is 0.410. The summed E-state index contributed by atoms with van der Waals surface area (Å²) in [6, 6.07) is 7.72. The largest absolute Gasteiger partial charge is 0.438 e. The first-order chi connectivity index (χ1) is 11.5. The Morgan fingerprint density at radius 2 is 1.88 bits per heavy atom. The van der Waals surface area contributed by atoms with Crippen LogP contribution in [-0.2, 0) is 5.54 Å². The maximum absolute atomic E-state index is 13.0. The van der Waals surface area contributed by atoms with Crippen LogP contribution in [0.3, 0.4) is 0 Å². The molecule has 1 fully saturated rings. The van der Waals surface area contributed by atoms with Gasteiger partial charge in [-0.3, -0.25) is 4.79 Å². The Labute approximate surface area is 146 Å². The predicted molar refractivity (Wildman–Crippen MR) is 87.8 cm³/mol. The number of hydrogen-bond donors (Lipinski definition) is 1. The summed E-state index contributed by atoms with van der Waals surface area (Å²) < 4.78 is 31.8. The van der Waals surface area contributed by atoms with Gasteiger partial charge in [0.2, 0.25) is 5.76 Å². The molecule has 2 aromatic rings. The molecular weight excluding hydrogens is 382 g/mol. The summed E-state index contributed by atoms with van der Waals surface area (Å²) in [7, 11) is 0. The van der Waals surface area contributed by atoms with Crippen LogP contribution < -0.4 is 5.32 Å². The molecule has 0 aliphatic heterocycles. The number of benzene rings is 1. The third-order valence-electron chi connectivity index (χ3n) is 4.46. The average Bonchev–Trinajstić information content (AvgIpc) is 3.06. The van der Waals surface area contributed by atoms with Crippen molar-refractivity contribution in [1.82, 2.24) is 10.3 Å². The first kappa shape index (κ1) is 17.1. The lowest BCUT2D eigenvalue weighted by molar-refractivity contribution is 0.0820. The molecule has 1 N–H and O–H groups in total. The lowest BCUT2D eigenvalue weighted by atomic mass is 9.76. The van der Waals surface area contributed by atoms with E-state index in [9.17, 15) is 13.6 Å². The number of carbonyl (C=O) groups is 1. The van der Waals surface area contributed by atoms with Gasteiger partial charge in [0.1, 0.15) is 0 Å². The van der Waals surface area contributed by atoms with Gasteiger partial charge in [-0.05, 0) is 30.5 Å². The van der Waals surface area contributed by atoms with E-state index in [-0.39, 0.29) is 0 Å². The van der Waals surface area contributed by atoms with Crippen molar-refractivity contribution in [2.24, 2.45) is 0 Å². The van der Waals surface area contributed by atoms with Crippen molar-refractivity contribution < 1.29 is 18.0 Å². The van der Waals surface area contributed by atoms with Gasteiger partial charge in [0.05, 0.1) is 5.54 Å². The van der Waals surface area contributed by atoms with Crippen LogP contribution >= 0.6 is 15.9 Å². The van der Waals surface area contributed by atoms with Crippen LogP contribution in [0, 0.1) is 0 Å². The SMILES string of the molecule is O=C(NC1(c2ccc(Br)cc2)CCCCC1)c1ocnc1C(F)F. The van der Waals surface area contributed by atoms with E-state index in [1.54, 1.807) is 0 Å². The molecule has 1 amide bonds. The summed E-state index contributed by atoms with van der Waals surface area (Å²) >= 11 is 3.40. The van der Waals surface area contributed by atoms with E-state index in [0.29, 0.717) is 0 Å². The summed E-state index contributed by atoms with van der Waals surface area (Å²) in [6.07, 6.45) is 2.59. The van der Waals surface area contributed by atoms with E-state index >= 15 is 0 Å². The maximum atomic E-state index is 13.0. The van der Waals surface area contributed by atoms with Gasteiger partial charge in [0, 0.05) is 4.47 Å². The molecule has 1 saturated carbocycles. The van der Waals surface area contributed by atoms with Crippen LogP contribution in [0.2, 0.25) is 0 Å². The van der Waals surface area contributed by atoms with E-state index in [1.165, 1.54) is 0 Å². The first-order valence-corrected chi connectivity index (χ1v) is 8.61. The Hall–Kier alpha value is -1.76. The fraction of sp³-hybridized carbons (Fsp3) is 0.412. The van der Waals surface area contributed by atoms with Crippen LogP contribution in [0.5, 0.6) is 0 Å². The molecule has 0 unspecified atom stereocenters. The highest BCUT2D eigenvalue weighted by Crippen LogP contribution is 2.38. The molecule has 24 heavy (non-hydrogen) atoms. The Morgan fingerprint density at radius 1 is 1.21 bits per heavy atom. The first-order valence-electron chi connectivity index (χ1n) is 7.82. The van der Waals surface area contributed by atoms with Crippen LogP contribution in [0.4, 0.5) is 8.78 Å². The molecule has 0 radical (unpaired) electrons. The zero-order valence-electron chi connectivity index (χ0n) is 12.9. The number of nitrogens with zero attached hydrogens (tertiary/aromatic N) is 1. The number of aromatic nitrogens is 1. The topological polar surface area (TPSA) is 55.1 Å². The Bertz CT molecular complexity index is 710. The summed E-state index contributed by atoms with van der Waals surface area (Å²) in [4.78, 5) is 16.0. The Morgan fingerprint density at radius 3 is 2.50 bits per heavy atom. The Balaban J connectivity index is 1.91. The van der Waals surface area contributed by atoms with Crippen molar-refractivity contribution >= 4 is 21.8 Å². The second-order valence-corrected chi connectivity index (χ2v) is 6.89. The Kier molecular flexibility index (Phi) is 4.99. The summed E-state index contributed by atoms with van der Waals surface area (Å²) in [5.41, 5.74) is -0.214. The number of halogens is 3. The normalized spacial score (nSPS) is 17.0. The third-order valence-corrected chi connectivity index (χ3v) is 4.99. The molecule has 0 bridgehead atoms. The van der Waals surface area contributed by atoms with E-state index < -0.39 is 29.3 Å². The number of rotatable bonds is 4. The fourth-order valence-electron chi connectivity index (χ4n) is 3.26. The van der Waals surface area contributed by atoms with Gasteiger partial charge < -0.3 is 9.73 Å². The quantitative estimate of drug-likeness (QED) is 0.791. The molecular formula is C17H17BrF2N2O2. The van der Waals surface area contributed by atoms with Crippen molar-refractivity contribution in [3.05, 3.63) is 52.1 Å². The standard InChI is InChI=1S/C17H17BrF2N2O2/c18-12-6-4-11(5-7-12)17(8-2-1-3-9-17)22-16(23)14-13(15(19)20)21-10-24-14/h4-7,10,15H,1-3,8-9H2,(H,22,23). The number of amides is 1. The maximum Gasteiger partial charge on any atom is 0.289 e. The second-order valence-electron chi connectivity index (χ2n) is 5.97. The van der Waals surface area contributed by atoms with Gasteiger partial charge in [0.25, 0.3) is 12.3 Å². The van der Waals surface area contributed by atoms with Crippen molar-refractivity contribution in [2.75, 3.05) is 0 Å². The van der Waals surface area contributed by atoms with Crippen LogP contribution in [0.1, 0.15) is 60.3 Å². The highest BCUT2D eigenvalue weighted by Gasteiger charge is 2.37. The minimum atomic E-state index is -2.85. The molecule has 1 aromatic heterocycles. The summed E-state index contributed by atoms with van der Waals surface area (Å²) in [5, 5.41) is 2.94. The van der Waals surface area contributed by atoms with Crippen molar-refractivity contribution in [1.29, 1.82) is 0 Å². The number of alkyl halides is 2. The molecule has 0 spiro atoms. The zero-order chi connectivity index (χ0) is 17.2. The van der Waals surface area contributed by atoms with Gasteiger partial charge in [-0.25, -0.2) is 13.8 Å². The van der Waals surface area contributed by atoms with Gasteiger partial charge in [0.15, 0.2) is 12.1 Å². The molecule has 0 atom stereocenters. The molecule has 1 aromatic carbocycles. The molecule has 3 rings (SSSR count). The number of carbonyl (C=O) groups excluding carboxylic acids is 1. The predicted octanol–water partition coefficient (Wildman–Crippen LogP) is 4.96. The third kappa shape index (κ3) is 3.36. The van der Waals surface area contributed by atoms with E-state index in [2.05, 4.69) is 26.2 Å². The van der Waals surface area contributed by atoms with E-state index in [1.807, 2.05) is 24.3 Å². The average molecular weight is 399 g/mol. The van der Waals surface area contributed by atoms with E-state index in [4.69, 9.17) is 4.42 Å². The number of oxazole rings is 1. The smallest absolute Gasteiger partial charge is 0.289 e. The van der Waals surface area contributed by atoms with Crippen LogP contribution in [0.15, 0.2) is 39.5 Å². The molecule has 1 aliphatic carbocycles. The molecule has 1 heterocycles. The summed E-state index contributed by atoms with van der Waals surface area (Å²) in [5.74, 6) is -1.06. The van der Waals surface area contributed by atoms with Gasteiger partial charge in [-0.2, -0.15) is 0 Å². The van der Waals surface area contributed by atoms with Crippen molar-refractivity contribution in [2.45, 2.75) is 44.1 Å². The molecule has 4 nitrogen and oxygen atoms in total. The van der Waals surface area contributed by atoms with Crippen LogP contribution in [-0.4, -0.2) is 10.9 Å². The summed E-state index contributed by atoms with van der Waals surface area (Å²) in [6.45, 7) is 0. The molecule has 0 saturated heterocycles. The monoisotopic (exact) mass is 398 g/mol. The van der Waals surface area contributed by atoms with Gasteiger partial charge in [-0.15, -0.1) is 0 Å².